The molecule has 0 fully saturated rings. The molecule has 9 nitrogen and oxygen atoms in total. The molecular weight excluding hydrogens is 689 g/mol. The highest BCUT2D eigenvalue weighted by Crippen LogP contribution is 2.43. The third-order valence-corrected chi connectivity index (χ3v) is 9.98. The second kappa shape index (κ2) is 39.9. The van der Waals surface area contributed by atoms with E-state index in [0.29, 0.717) is 6.42 Å². The van der Waals surface area contributed by atoms with Gasteiger partial charge in [0.05, 0.1) is 13.2 Å². The van der Waals surface area contributed by atoms with Crippen LogP contribution in [-0.2, 0) is 32.7 Å². The molecule has 0 aromatic rings. The first-order valence-electron chi connectivity index (χ1n) is 21.5. The van der Waals surface area contributed by atoms with E-state index in [9.17, 15) is 19.0 Å². The second-order valence-electron chi connectivity index (χ2n) is 14.2. The molecule has 0 amide bonds. The summed E-state index contributed by atoms with van der Waals surface area (Å²) in [6.45, 7) is 3.68. The monoisotopic (exact) mass is 770 g/mol. The average molecular weight is 770 g/mol. The Morgan fingerprint density at radius 2 is 0.981 bits per heavy atom. The smallest absolute Gasteiger partial charge is 0.462 e. The quantitative estimate of drug-likeness (QED) is 0.0270. The highest BCUT2D eigenvalue weighted by Gasteiger charge is 2.25. The van der Waals surface area contributed by atoms with Crippen LogP contribution in [0.1, 0.15) is 194 Å². The van der Waals surface area contributed by atoms with Crippen LogP contribution in [-0.4, -0.2) is 49.3 Å². The lowest BCUT2D eigenvalue weighted by atomic mass is 10.1. The predicted molar refractivity (Wildman–Crippen MR) is 220 cm³/mol. The lowest BCUT2D eigenvalue weighted by molar-refractivity contribution is -0.161. The van der Waals surface area contributed by atoms with Crippen molar-refractivity contribution in [3.05, 3.63) is 36.5 Å². The minimum atomic E-state index is -4.38. The number of esters is 2. The van der Waals surface area contributed by atoms with Crippen molar-refractivity contribution in [1.82, 2.24) is 0 Å². The number of hydrogen-bond donors (Lipinski definition) is 2. The average Bonchev–Trinajstić information content (AvgIpc) is 3.14. The van der Waals surface area contributed by atoms with Gasteiger partial charge in [-0.1, -0.05) is 147 Å². The molecule has 0 aromatic heterocycles. The van der Waals surface area contributed by atoms with E-state index in [1.54, 1.807) is 0 Å². The SMILES string of the molecule is CCCCC/C=C/C/C=C/CCCCCCCCCC(=O)OC[C@H](COP(=O)(O)OCCN)OC(=O)CCCC/C=C/CCCCCCCCCCC. The molecule has 0 saturated heterocycles. The van der Waals surface area contributed by atoms with Gasteiger partial charge in [0.15, 0.2) is 6.10 Å². The number of rotatable bonds is 40. The van der Waals surface area contributed by atoms with Crippen LogP contribution in [0.5, 0.6) is 0 Å². The van der Waals surface area contributed by atoms with Crippen molar-refractivity contribution in [3.63, 3.8) is 0 Å². The van der Waals surface area contributed by atoms with Gasteiger partial charge < -0.3 is 20.1 Å². The zero-order valence-electron chi connectivity index (χ0n) is 34.0. The molecule has 3 N–H and O–H groups in total. The Morgan fingerprint density at radius 3 is 1.53 bits per heavy atom. The summed E-state index contributed by atoms with van der Waals surface area (Å²) in [5, 5.41) is 0. The van der Waals surface area contributed by atoms with Gasteiger partial charge in [0, 0.05) is 19.4 Å². The number of unbranched alkanes of at least 4 members (excludes halogenated alkanes) is 21. The van der Waals surface area contributed by atoms with Crippen LogP contribution in [0.4, 0.5) is 0 Å². The fraction of sp³-hybridized carbons (Fsp3) is 0.814. The first-order chi connectivity index (χ1) is 25.8. The van der Waals surface area contributed by atoms with E-state index >= 15 is 0 Å². The summed E-state index contributed by atoms with van der Waals surface area (Å²) in [5.41, 5.74) is 5.34. The topological polar surface area (TPSA) is 134 Å². The van der Waals surface area contributed by atoms with E-state index in [1.807, 2.05) is 0 Å². The van der Waals surface area contributed by atoms with Crippen LogP contribution < -0.4 is 5.73 Å². The van der Waals surface area contributed by atoms with Crippen LogP contribution >= 0.6 is 7.82 Å². The molecule has 0 aromatic carbocycles. The van der Waals surface area contributed by atoms with Crippen LogP contribution in [0.15, 0.2) is 36.5 Å². The molecule has 310 valence electrons. The summed E-state index contributed by atoms with van der Waals surface area (Å²) in [7, 11) is -4.38. The van der Waals surface area contributed by atoms with E-state index in [4.69, 9.17) is 24.3 Å². The normalized spacial score (nSPS) is 13.7. The summed E-state index contributed by atoms with van der Waals surface area (Å²) in [6, 6.07) is 0. The minimum absolute atomic E-state index is 0.0492. The second-order valence-corrected chi connectivity index (χ2v) is 15.7. The van der Waals surface area contributed by atoms with E-state index in [2.05, 4.69) is 50.3 Å². The Kier molecular flexibility index (Phi) is 38.6. The number of phosphoric ester groups is 1. The van der Waals surface area contributed by atoms with Crippen molar-refractivity contribution in [2.75, 3.05) is 26.4 Å². The molecule has 0 aliphatic carbocycles. The van der Waals surface area contributed by atoms with Gasteiger partial charge in [-0.3, -0.25) is 18.6 Å². The first kappa shape index (κ1) is 51.2. The van der Waals surface area contributed by atoms with Crippen LogP contribution in [0, 0.1) is 0 Å². The fourth-order valence-electron chi connectivity index (χ4n) is 5.78. The molecule has 53 heavy (non-hydrogen) atoms. The fourth-order valence-corrected chi connectivity index (χ4v) is 6.54. The maximum atomic E-state index is 12.6. The number of nitrogens with two attached hydrogens (primary N) is 1. The Morgan fingerprint density at radius 1 is 0.566 bits per heavy atom. The van der Waals surface area contributed by atoms with Crippen molar-refractivity contribution < 1.29 is 37.6 Å². The molecule has 0 aliphatic rings. The van der Waals surface area contributed by atoms with Crippen LogP contribution in [0.3, 0.4) is 0 Å². The molecule has 1 unspecified atom stereocenters. The van der Waals surface area contributed by atoms with E-state index in [0.717, 1.165) is 57.8 Å². The van der Waals surface area contributed by atoms with Gasteiger partial charge in [0.2, 0.25) is 0 Å². The van der Waals surface area contributed by atoms with Gasteiger partial charge >= 0.3 is 19.8 Å². The van der Waals surface area contributed by atoms with E-state index in [1.165, 1.54) is 103 Å². The van der Waals surface area contributed by atoms with Crippen molar-refractivity contribution in [1.29, 1.82) is 0 Å². The zero-order chi connectivity index (χ0) is 38.9. The lowest BCUT2D eigenvalue weighted by Gasteiger charge is -2.19. The molecule has 0 radical (unpaired) electrons. The molecule has 0 aliphatic heterocycles. The summed E-state index contributed by atoms with van der Waals surface area (Å²) < 4.78 is 32.7. The number of carbonyl (C=O) groups excluding carboxylic acids is 2. The summed E-state index contributed by atoms with van der Waals surface area (Å²) in [4.78, 5) is 34.8. The number of carbonyl (C=O) groups is 2. The Bertz CT molecular complexity index is 970. The molecule has 2 atom stereocenters. The Balaban J connectivity index is 4.19. The Hall–Kier alpha value is -1.77. The van der Waals surface area contributed by atoms with Crippen LogP contribution in [0.2, 0.25) is 0 Å². The van der Waals surface area contributed by atoms with Gasteiger partial charge in [0.25, 0.3) is 0 Å². The van der Waals surface area contributed by atoms with Gasteiger partial charge in [0.1, 0.15) is 6.61 Å². The molecular formula is C43H80NO8P. The van der Waals surface area contributed by atoms with Crippen molar-refractivity contribution in [2.24, 2.45) is 5.73 Å². The summed E-state index contributed by atoms with van der Waals surface area (Å²) in [6.07, 6.45) is 43.1. The van der Waals surface area contributed by atoms with Crippen molar-refractivity contribution >= 4 is 19.8 Å². The number of allylic oxidation sites excluding steroid dienone is 6. The third-order valence-electron chi connectivity index (χ3n) is 9.00. The highest BCUT2D eigenvalue weighted by atomic mass is 31.2. The van der Waals surface area contributed by atoms with E-state index in [-0.39, 0.29) is 32.6 Å². The standard InChI is InChI=1S/C43H80NO8P/c1-3-5-7-9-11-13-15-17-19-20-22-23-25-27-29-31-33-35-42(45)49-39-41(40-51-53(47,48)50-38-37-44)52-43(46)36-34-32-30-28-26-24-21-18-16-14-12-10-8-6-4-2/h11,13,17,19,26,28,41H,3-10,12,14-16,18,20-25,27,29-40,44H2,1-2H3,(H,47,48)/b13-11+,19-17+,28-26+/t41-/m1/s1. The number of hydrogen-bond acceptors (Lipinski definition) is 8. The summed E-state index contributed by atoms with van der Waals surface area (Å²) in [5.74, 6) is -0.861. The van der Waals surface area contributed by atoms with Gasteiger partial charge in [-0.05, 0) is 70.6 Å². The largest absolute Gasteiger partial charge is 0.472 e. The zero-order valence-corrected chi connectivity index (χ0v) is 34.9. The molecule has 0 heterocycles. The summed E-state index contributed by atoms with van der Waals surface area (Å²) >= 11 is 0. The maximum absolute atomic E-state index is 12.6. The highest BCUT2D eigenvalue weighted by molar-refractivity contribution is 7.47. The molecule has 0 rings (SSSR count). The predicted octanol–water partition coefficient (Wildman–Crippen LogP) is 12.2. The van der Waals surface area contributed by atoms with Crippen molar-refractivity contribution in [3.8, 4) is 0 Å². The molecule has 0 bridgehead atoms. The Labute approximate surface area is 324 Å². The van der Waals surface area contributed by atoms with Crippen LogP contribution in [0.25, 0.3) is 0 Å². The maximum Gasteiger partial charge on any atom is 0.472 e. The molecule has 0 saturated carbocycles. The van der Waals surface area contributed by atoms with E-state index < -0.39 is 32.5 Å². The van der Waals surface area contributed by atoms with Crippen molar-refractivity contribution in [2.45, 2.75) is 200 Å². The first-order valence-corrected chi connectivity index (χ1v) is 23.0. The van der Waals surface area contributed by atoms with Gasteiger partial charge in [-0.2, -0.15) is 0 Å². The van der Waals surface area contributed by atoms with Gasteiger partial charge in [-0.25, -0.2) is 4.57 Å². The molecule has 0 spiro atoms. The van der Waals surface area contributed by atoms with Gasteiger partial charge in [-0.15, -0.1) is 0 Å². The number of phosphoric acid groups is 1. The number of ether oxygens (including phenoxy) is 2. The molecule has 10 heteroatoms. The minimum Gasteiger partial charge on any atom is -0.462 e. The third kappa shape index (κ3) is 39.7. The lowest BCUT2D eigenvalue weighted by Crippen LogP contribution is -2.29.